The summed E-state index contributed by atoms with van der Waals surface area (Å²) in [5.74, 6) is 0. The number of halogens is 2. The zero-order chi connectivity index (χ0) is 22.2. The standard InChI is InChI=1S/C27H25P2.2ClH.Ni/c1-2-27(28(23-15-7-3-8-16-23)24-17-9-4-10-18-24)29(25-19-11-5-12-20-25)26-21-13-6-14-22-26;;;/h3-22,27H,1-2H2;2*1H;/q;;;+2/p-2. The van der Waals surface area contributed by atoms with E-state index in [1.807, 2.05) is 0 Å². The molecule has 4 aromatic carbocycles. The van der Waals surface area contributed by atoms with E-state index in [2.05, 4.69) is 121 Å². The molecule has 167 valence electrons. The van der Waals surface area contributed by atoms with Gasteiger partial charge in [0.15, 0.2) is 0 Å². The third kappa shape index (κ3) is 6.23. The molecule has 0 aromatic heterocycles. The summed E-state index contributed by atoms with van der Waals surface area (Å²) >= 11 is -0.766. The Bertz CT molecular complexity index is 902. The molecule has 0 heterocycles. The van der Waals surface area contributed by atoms with E-state index in [0.29, 0.717) is 5.40 Å². The van der Waals surface area contributed by atoms with Crippen LogP contribution in [0.5, 0.6) is 0 Å². The minimum absolute atomic E-state index is 0.422. The van der Waals surface area contributed by atoms with Crippen molar-refractivity contribution < 1.29 is 11.6 Å². The molecule has 4 rings (SSSR count). The Labute approximate surface area is 206 Å². The average molecular weight is 541 g/mol. The van der Waals surface area contributed by atoms with Crippen LogP contribution >= 0.6 is 36.2 Å². The normalized spacial score (nSPS) is 11.8. The Kier molecular flexibility index (Phi) is 9.23. The quantitative estimate of drug-likeness (QED) is 0.154. The maximum absolute atomic E-state index is 6.34. The van der Waals surface area contributed by atoms with Gasteiger partial charge in [-0.3, -0.25) is 0 Å². The summed E-state index contributed by atoms with van der Waals surface area (Å²) in [6, 6.07) is 44.0. The molecule has 4 aromatic rings. The third-order valence-corrected chi connectivity index (χ3v) is 13.4. The summed E-state index contributed by atoms with van der Waals surface area (Å²) in [4.78, 5) is 0. The molecule has 0 saturated heterocycles. The van der Waals surface area contributed by atoms with Crippen LogP contribution < -0.4 is 21.2 Å². The van der Waals surface area contributed by atoms with Crippen molar-refractivity contribution in [1.82, 2.24) is 0 Å². The van der Waals surface area contributed by atoms with Gasteiger partial charge < -0.3 is 0 Å². The molecule has 0 radical (unpaired) electrons. The van der Waals surface area contributed by atoms with Crippen LogP contribution in [0.15, 0.2) is 121 Å². The van der Waals surface area contributed by atoms with Crippen molar-refractivity contribution in [3.05, 3.63) is 121 Å². The van der Waals surface area contributed by atoms with E-state index in [1.165, 1.54) is 21.2 Å². The van der Waals surface area contributed by atoms with Gasteiger partial charge in [0.1, 0.15) is 0 Å². The van der Waals surface area contributed by atoms with Gasteiger partial charge in [-0.25, -0.2) is 0 Å². The first-order valence-electron chi connectivity index (χ1n) is 10.4. The molecule has 0 N–H and O–H groups in total. The second-order valence-corrected chi connectivity index (χ2v) is 16.5. The maximum atomic E-state index is 6.34. The zero-order valence-corrected chi connectivity index (χ0v) is 21.8. The van der Waals surface area contributed by atoms with E-state index in [9.17, 15) is 0 Å². The van der Waals surface area contributed by atoms with Crippen molar-refractivity contribution in [3.8, 4) is 0 Å². The van der Waals surface area contributed by atoms with Gasteiger partial charge in [0, 0.05) is 0 Å². The van der Waals surface area contributed by atoms with Crippen LogP contribution in [-0.4, -0.2) is 5.40 Å². The molecule has 0 unspecified atom stereocenters. The molecule has 5 heteroatoms. The topological polar surface area (TPSA) is 0 Å². The Hall–Kier alpha value is -1.19. The number of hydrogen-bond acceptors (Lipinski definition) is 0. The molecule has 0 saturated carbocycles. The van der Waals surface area contributed by atoms with E-state index >= 15 is 0 Å². The zero-order valence-electron chi connectivity index (χ0n) is 17.5. The molecule has 32 heavy (non-hydrogen) atoms. The van der Waals surface area contributed by atoms with Gasteiger partial charge in [-0.15, -0.1) is 0 Å². The van der Waals surface area contributed by atoms with Crippen molar-refractivity contribution in [2.24, 2.45) is 0 Å². The number of rotatable bonds is 9. The van der Waals surface area contributed by atoms with Gasteiger partial charge in [0.05, 0.1) is 0 Å². The van der Waals surface area contributed by atoms with Gasteiger partial charge in [-0.05, 0) is 0 Å². The van der Waals surface area contributed by atoms with E-state index in [1.54, 1.807) is 0 Å². The van der Waals surface area contributed by atoms with Gasteiger partial charge in [-0.2, -0.15) is 0 Å². The van der Waals surface area contributed by atoms with Crippen molar-refractivity contribution in [2.45, 2.75) is 17.2 Å². The fourth-order valence-electron chi connectivity index (χ4n) is 3.87. The van der Waals surface area contributed by atoms with E-state index in [-0.39, 0.29) is 0 Å². The SMILES string of the molecule is [Cl][Ni]([Cl])[CH2]CC(P(c1ccccc1)c1ccccc1)P(c1ccccc1)c1ccccc1. The Morgan fingerprint density at radius 1 is 0.500 bits per heavy atom. The first-order valence-corrected chi connectivity index (χ1v) is 16.7. The van der Waals surface area contributed by atoms with E-state index < -0.39 is 27.5 Å². The van der Waals surface area contributed by atoms with Crippen LogP contribution in [0.3, 0.4) is 0 Å². The molecule has 0 aliphatic rings. The predicted molar refractivity (Wildman–Crippen MR) is 143 cm³/mol. The Morgan fingerprint density at radius 3 is 1.03 bits per heavy atom. The molecule has 0 aliphatic carbocycles. The summed E-state index contributed by atoms with van der Waals surface area (Å²) < 4.78 is 0. The summed E-state index contributed by atoms with van der Waals surface area (Å²) in [5, 5.41) is 6.87. The summed E-state index contributed by atoms with van der Waals surface area (Å²) in [6.07, 6.45) is 0.993. The molecule has 0 amide bonds. The fraction of sp³-hybridized carbons (Fsp3) is 0.111. The molecular weight excluding hydrogens is 516 g/mol. The van der Waals surface area contributed by atoms with Crippen LogP contribution in [0.1, 0.15) is 6.42 Å². The second kappa shape index (κ2) is 12.3. The molecule has 0 fully saturated rings. The van der Waals surface area contributed by atoms with Crippen molar-refractivity contribution >= 4 is 57.4 Å². The third-order valence-electron chi connectivity index (χ3n) is 5.20. The fourth-order valence-corrected chi connectivity index (χ4v) is 12.6. The van der Waals surface area contributed by atoms with Crippen LogP contribution in [0, 0.1) is 0 Å². The van der Waals surface area contributed by atoms with Crippen LogP contribution in [0.25, 0.3) is 0 Å². The molecule has 0 nitrogen and oxygen atoms in total. The summed E-state index contributed by atoms with van der Waals surface area (Å²) in [6.45, 7) is 0. The molecule has 0 spiro atoms. The first kappa shape index (κ1) is 24.0. The number of hydrogen-bond donors (Lipinski definition) is 0. The van der Waals surface area contributed by atoms with E-state index in [4.69, 9.17) is 20.4 Å². The van der Waals surface area contributed by atoms with Crippen molar-refractivity contribution in [2.75, 3.05) is 0 Å². The van der Waals surface area contributed by atoms with Gasteiger partial charge >= 0.3 is 208 Å². The second-order valence-electron chi connectivity index (χ2n) is 7.22. The van der Waals surface area contributed by atoms with Gasteiger partial charge in [0.2, 0.25) is 0 Å². The molecule has 0 atom stereocenters. The van der Waals surface area contributed by atoms with Crippen LogP contribution in [0.4, 0.5) is 0 Å². The molecule has 0 bridgehead atoms. The van der Waals surface area contributed by atoms with Crippen molar-refractivity contribution in [3.63, 3.8) is 0 Å². The van der Waals surface area contributed by atoms with Crippen molar-refractivity contribution in [1.29, 1.82) is 0 Å². The van der Waals surface area contributed by atoms with Crippen LogP contribution in [0.2, 0.25) is 5.39 Å². The number of benzene rings is 4. The molecular formula is C27H25Cl2NiP2. The monoisotopic (exact) mass is 539 g/mol. The summed E-state index contributed by atoms with van der Waals surface area (Å²) in [7, 11) is 11.4. The Morgan fingerprint density at radius 2 is 0.781 bits per heavy atom. The molecule has 0 aliphatic heterocycles. The van der Waals surface area contributed by atoms with Crippen LogP contribution in [-0.2, 0) is 11.6 Å². The Balaban J connectivity index is 1.90. The summed E-state index contributed by atoms with van der Waals surface area (Å²) in [5.41, 5.74) is 0. The van der Waals surface area contributed by atoms with E-state index in [0.717, 1.165) is 11.8 Å². The first-order chi connectivity index (χ1) is 15.7. The minimum atomic E-state index is -0.766. The predicted octanol–water partition coefficient (Wildman–Crippen LogP) is 7.31. The van der Waals surface area contributed by atoms with Gasteiger partial charge in [-0.1, -0.05) is 0 Å². The average Bonchev–Trinajstić information content (AvgIpc) is 2.85. The van der Waals surface area contributed by atoms with Gasteiger partial charge in [0.25, 0.3) is 0 Å².